The first-order valence-electron chi connectivity index (χ1n) is 10.2. The summed E-state index contributed by atoms with van der Waals surface area (Å²) < 4.78 is 33.3. The number of ether oxygens (including phenoxy) is 1. The van der Waals surface area contributed by atoms with Crippen LogP contribution < -0.4 is 0 Å². The van der Waals surface area contributed by atoms with Crippen molar-refractivity contribution >= 4 is 36.4 Å². The Morgan fingerprint density at radius 1 is 0.615 bits per heavy atom. The summed E-state index contributed by atoms with van der Waals surface area (Å²) in [5.41, 5.74) is 1.41. The van der Waals surface area contributed by atoms with E-state index >= 15 is 0 Å². The van der Waals surface area contributed by atoms with E-state index in [1.807, 2.05) is 0 Å². The van der Waals surface area contributed by atoms with Crippen molar-refractivity contribution in [2.75, 3.05) is 0 Å². The molecule has 3 unspecified atom stereocenters. The van der Waals surface area contributed by atoms with Gasteiger partial charge in [0.15, 0.2) is 0 Å². The lowest BCUT2D eigenvalue weighted by Crippen LogP contribution is -2.65. The molecule has 9 heteroatoms. The average Bonchev–Trinajstić information content (AvgIpc) is 2.45. The van der Waals surface area contributed by atoms with E-state index in [9.17, 15) is 0 Å². The molecule has 0 saturated carbocycles. The van der Waals surface area contributed by atoms with Crippen molar-refractivity contribution in [2.45, 2.75) is 110 Å². The van der Waals surface area contributed by atoms with Crippen LogP contribution in [0.3, 0.4) is 0 Å². The van der Waals surface area contributed by atoms with E-state index in [0.717, 1.165) is 0 Å². The summed E-state index contributed by atoms with van der Waals surface area (Å²) in [6.45, 7) is 23.9. The molecule has 1 heterocycles. The van der Waals surface area contributed by atoms with Crippen molar-refractivity contribution < 1.29 is 21.2 Å². The highest BCUT2D eigenvalue weighted by molar-refractivity contribution is 6.84. The Bertz CT molecular complexity index is 400. The third-order valence-corrected chi connectivity index (χ3v) is 19.9. The van der Waals surface area contributed by atoms with Gasteiger partial charge in [-0.25, -0.2) is 0 Å². The highest BCUT2D eigenvalue weighted by Crippen LogP contribution is 2.37. The summed E-state index contributed by atoms with van der Waals surface area (Å²) in [5, 5.41) is 0. The minimum atomic E-state index is -2.65. The van der Waals surface area contributed by atoms with Gasteiger partial charge in [-0.15, -0.1) is 0 Å². The normalized spacial score (nSPS) is 32.5. The largest absolute Gasteiger partial charge is 0.420 e. The topological polar surface area (TPSA) is 46.2 Å². The van der Waals surface area contributed by atoms with Crippen molar-refractivity contribution in [3.05, 3.63) is 0 Å². The van der Waals surface area contributed by atoms with Crippen molar-refractivity contribution in [3.8, 4) is 0 Å². The summed E-state index contributed by atoms with van der Waals surface area (Å²) in [6, 6.07) is 0. The van der Waals surface area contributed by atoms with Gasteiger partial charge in [0.05, 0.1) is 11.8 Å². The Morgan fingerprint density at radius 3 is 1.27 bits per heavy atom. The van der Waals surface area contributed by atoms with Crippen molar-refractivity contribution in [1.82, 2.24) is 0 Å². The second-order valence-corrected chi connectivity index (χ2v) is 22.7. The lowest BCUT2D eigenvalue weighted by Gasteiger charge is -2.47. The number of rotatable bonds is 7. The third kappa shape index (κ3) is 6.34. The molecule has 0 aromatic heterocycles. The van der Waals surface area contributed by atoms with Crippen LogP contribution in [0.1, 0.15) is 76.2 Å². The summed E-state index contributed by atoms with van der Waals surface area (Å²) in [6.07, 6.45) is 0.142. The zero-order valence-electron chi connectivity index (χ0n) is 18.7. The zero-order chi connectivity index (χ0) is 20.2. The fraction of sp³-hybridized carbons (Fsp3) is 1.00. The summed E-state index contributed by atoms with van der Waals surface area (Å²) in [5.74, 6) is 0. The van der Waals surface area contributed by atoms with E-state index < -0.39 is 36.4 Å². The molecule has 0 amide bonds. The quantitative estimate of drug-likeness (QED) is 0.558. The molecular formula is C17H42O5Si4. The molecule has 26 heavy (non-hydrogen) atoms. The van der Waals surface area contributed by atoms with E-state index in [4.69, 9.17) is 21.2 Å². The van der Waals surface area contributed by atoms with Crippen LogP contribution in [0.2, 0.25) is 22.2 Å². The predicted molar refractivity (Wildman–Crippen MR) is 118 cm³/mol. The second-order valence-electron chi connectivity index (χ2n) is 9.05. The molecular weight excluding hydrogens is 397 g/mol. The molecule has 1 saturated heterocycles. The molecule has 0 aliphatic carbocycles. The maximum Gasteiger partial charge on any atom is 0.352 e. The van der Waals surface area contributed by atoms with Crippen LogP contribution in [0.5, 0.6) is 0 Å². The van der Waals surface area contributed by atoms with E-state index in [-0.39, 0.29) is 17.4 Å². The molecule has 0 aromatic rings. The molecule has 1 fully saturated rings. The highest BCUT2D eigenvalue weighted by atomic mass is 28.5. The first-order valence-corrected chi connectivity index (χ1v) is 17.0. The van der Waals surface area contributed by atoms with E-state index in [1.165, 1.54) is 0 Å². The molecule has 1 aliphatic rings. The van der Waals surface area contributed by atoms with Crippen LogP contribution in [-0.4, -0.2) is 48.2 Å². The van der Waals surface area contributed by atoms with Gasteiger partial charge in [0.1, 0.15) is 0 Å². The molecule has 0 N–H and O–H groups in total. The molecule has 0 aromatic carbocycles. The van der Waals surface area contributed by atoms with Crippen molar-refractivity contribution in [3.63, 3.8) is 0 Å². The minimum Gasteiger partial charge on any atom is -0.420 e. The standard InChI is InChI=1S/C17H42O5Si4/c1-12(2)18-17(11)26(16(9)10)21-24(14(5)6)19-23(13(3)4)20-25(22-26)15(7)8/h12-17,23-25H,1-11H3. The van der Waals surface area contributed by atoms with Gasteiger partial charge in [-0.1, -0.05) is 55.4 Å². The van der Waals surface area contributed by atoms with E-state index in [2.05, 4.69) is 76.2 Å². The fourth-order valence-corrected chi connectivity index (χ4v) is 23.4. The first-order chi connectivity index (χ1) is 11.9. The molecule has 1 aliphatic heterocycles. The second kappa shape index (κ2) is 10.4. The van der Waals surface area contributed by atoms with Gasteiger partial charge in [-0.05, 0) is 42.9 Å². The monoisotopic (exact) mass is 438 g/mol. The number of hydrogen-bond acceptors (Lipinski definition) is 5. The zero-order valence-corrected chi connectivity index (χ0v) is 23.2. The molecule has 0 spiro atoms. The van der Waals surface area contributed by atoms with E-state index in [0.29, 0.717) is 16.6 Å². The van der Waals surface area contributed by atoms with Gasteiger partial charge in [-0.3, -0.25) is 0 Å². The third-order valence-electron chi connectivity index (χ3n) is 4.62. The Kier molecular flexibility index (Phi) is 9.93. The van der Waals surface area contributed by atoms with Crippen molar-refractivity contribution in [2.24, 2.45) is 0 Å². The first kappa shape index (κ1) is 24.7. The van der Waals surface area contributed by atoms with Crippen LogP contribution in [-0.2, 0) is 21.2 Å². The smallest absolute Gasteiger partial charge is 0.352 e. The molecule has 0 bridgehead atoms. The lowest BCUT2D eigenvalue weighted by molar-refractivity contribution is 0.0333. The van der Waals surface area contributed by atoms with Gasteiger partial charge in [-0.2, -0.15) is 0 Å². The average molecular weight is 439 g/mol. The minimum absolute atomic E-state index is 0.0468. The highest BCUT2D eigenvalue weighted by Gasteiger charge is 2.54. The maximum absolute atomic E-state index is 6.92. The Balaban J connectivity index is 3.32. The van der Waals surface area contributed by atoms with E-state index in [1.54, 1.807) is 0 Å². The Labute approximate surface area is 167 Å². The Hall–Kier alpha value is 0.668. The van der Waals surface area contributed by atoms with Crippen LogP contribution in [0.25, 0.3) is 0 Å². The van der Waals surface area contributed by atoms with Gasteiger partial charge in [0.2, 0.25) is 0 Å². The SMILES string of the molecule is CC(C)OC(C)[Si]1(C(C)C)O[SiH](C(C)C)O[SiH](C(C)C)O[SiH](C(C)C)O1. The molecule has 1 rings (SSSR count). The van der Waals surface area contributed by atoms with Gasteiger partial charge >= 0.3 is 36.4 Å². The fourth-order valence-electron chi connectivity index (χ4n) is 3.08. The summed E-state index contributed by atoms with van der Waals surface area (Å²) >= 11 is 0. The maximum atomic E-state index is 6.92. The molecule has 3 atom stereocenters. The van der Waals surface area contributed by atoms with Crippen LogP contribution in [0.15, 0.2) is 0 Å². The van der Waals surface area contributed by atoms with Crippen molar-refractivity contribution in [1.29, 1.82) is 0 Å². The van der Waals surface area contributed by atoms with Gasteiger partial charge < -0.3 is 21.2 Å². The predicted octanol–water partition coefficient (Wildman–Crippen LogP) is 4.16. The lowest BCUT2D eigenvalue weighted by atomic mass is 10.5. The van der Waals surface area contributed by atoms with Crippen LogP contribution >= 0.6 is 0 Å². The van der Waals surface area contributed by atoms with Gasteiger partial charge in [0.25, 0.3) is 0 Å². The summed E-state index contributed by atoms with van der Waals surface area (Å²) in [7, 11) is -8.27. The Morgan fingerprint density at radius 2 is 1.00 bits per heavy atom. The van der Waals surface area contributed by atoms with Crippen LogP contribution in [0.4, 0.5) is 0 Å². The summed E-state index contributed by atoms with van der Waals surface area (Å²) in [4.78, 5) is 0. The van der Waals surface area contributed by atoms with Crippen LogP contribution in [0, 0.1) is 0 Å². The molecule has 0 radical (unpaired) electrons. The molecule has 5 nitrogen and oxygen atoms in total. The van der Waals surface area contributed by atoms with Gasteiger partial charge in [0, 0.05) is 0 Å². The molecule has 156 valence electrons. The number of hydrogen-bond donors (Lipinski definition) is 0.